The Kier molecular flexibility index (Phi) is 4.91. The molecule has 7 heteroatoms. The first kappa shape index (κ1) is 14.2. The van der Waals surface area contributed by atoms with Crippen molar-refractivity contribution in [3.63, 3.8) is 0 Å². The number of aliphatic carboxylic acids is 1. The van der Waals surface area contributed by atoms with Gasteiger partial charge in [-0.15, -0.1) is 0 Å². The predicted molar refractivity (Wildman–Crippen MR) is 66.0 cm³/mol. The number of carbonyl (C=O) groups is 2. The van der Waals surface area contributed by atoms with E-state index in [0.717, 1.165) is 6.42 Å². The zero-order valence-corrected chi connectivity index (χ0v) is 10.5. The molecule has 0 bridgehead atoms. The van der Waals surface area contributed by atoms with Gasteiger partial charge in [0.15, 0.2) is 0 Å². The topological polar surface area (TPSA) is 99.3 Å². The molecule has 1 rings (SSSR count). The molecule has 0 unspecified atom stereocenters. The van der Waals surface area contributed by atoms with Crippen LogP contribution in [0.3, 0.4) is 0 Å². The van der Waals surface area contributed by atoms with Gasteiger partial charge in [0, 0.05) is 5.69 Å². The average molecular weight is 273 g/mol. The summed E-state index contributed by atoms with van der Waals surface area (Å²) in [6, 6.07) is 1.25. The molecule has 0 aliphatic rings. The van der Waals surface area contributed by atoms with E-state index in [1.807, 2.05) is 6.92 Å². The van der Waals surface area contributed by atoms with Gasteiger partial charge in [-0.3, -0.25) is 14.4 Å². The average Bonchev–Trinajstić information content (AvgIpc) is 2.30. The zero-order chi connectivity index (χ0) is 13.7. The summed E-state index contributed by atoms with van der Waals surface area (Å²) >= 11 is 5.92. The Morgan fingerprint density at radius 1 is 1.50 bits per heavy atom. The van der Waals surface area contributed by atoms with Crippen LogP contribution in [0.2, 0.25) is 5.02 Å². The lowest BCUT2D eigenvalue weighted by Gasteiger charge is -2.06. The van der Waals surface area contributed by atoms with E-state index < -0.39 is 24.0 Å². The number of carbonyl (C=O) groups excluding carboxylic acids is 1. The Labute approximate surface area is 108 Å². The molecule has 1 heterocycles. The van der Waals surface area contributed by atoms with Gasteiger partial charge in [0.05, 0.1) is 5.02 Å². The van der Waals surface area contributed by atoms with Gasteiger partial charge in [0.2, 0.25) is 0 Å². The molecular weight excluding hydrogens is 260 g/mol. The standard InChI is InChI=1S/C11H13ClN2O4/c1-2-3-8-7(12)4-6(11(18)14-8)10(17)13-5-9(15)16/h4H,2-3,5H2,1H3,(H,13,17)(H,14,18)(H,15,16). The Bertz CT molecular complexity index is 524. The van der Waals surface area contributed by atoms with Gasteiger partial charge in [0.1, 0.15) is 12.1 Å². The Morgan fingerprint density at radius 3 is 2.72 bits per heavy atom. The molecule has 0 fully saturated rings. The highest BCUT2D eigenvalue weighted by molar-refractivity contribution is 6.31. The van der Waals surface area contributed by atoms with Gasteiger partial charge in [-0.25, -0.2) is 0 Å². The van der Waals surface area contributed by atoms with Crippen LogP contribution in [0, 0.1) is 0 Å². The molecule has 6 nitrogen and oxygen atoms in total. The number of nitrogens with one attached hydrogen (secondary N) is 2. The molecular formula is C11H13ClN2O4. The summed E-state index contributed by atoms with van der Waals surface area (Å²) in [5, 5.41) is 10.8. The van der Waals surface area contributed by atoms with E-state index in [1.54, 1.807) is 0 Å². The minimum Gasteiger partial charge on any atom is -0.480 e. The third-order valence-corrected chi connectivity index (χ3v) is 2.55. The monoisotopic (exact) mass is 272 g/mol. The molecule has 0 aliphatic heterocycles. The smallest absolute Gasteiger partial charge is 0.322 e. The van der Waals surface area contributed by atoms with Crippen LogP contribution in [-0.2, 0) is 11.2 Å². The number of halogens is 1. The van der Waals surface area contributed by atoms with E-state index in [2.05, 4.69) is 10.3 Å². The molecule has 1 amide bonds. The summed E-state index contributed by atoms with van der Waals surface area (Å²) in [5.41, 5.74) is -0.203. The SMILES string of the molecule is CCCc1[nH]c(=O)c(C(=O)NCC(=O)O)cc1Cl. The fraction of sp³-hybridized carbons (Fsp3) is 0.364. The maximum absolute atomic E-state index is 11.6. The number of hydrogen-bond acceptors (Lipinski definition) is 3. The Morgan fingerprint density at radius 2 is 2.17 bits per heavy atom. The largest absolute Gasteiger partial charge is 0.480 e. The first-order valence-electron chi connectivity index (χ1n) is 5.37. The number of amides is 1. The van der Waals surface area contributed by atoms with Crippen LogP contribution >= 0.6 is 11.6 Å². The predicted octanol–water partition coefficient (Wildman–Crippen LogP) is 0.795. The van der Waals surface area contributed by atoms with Crippen LogP contribution in [0.5, 0.6) is 0 Å². The van der Waals surface area contributed by atoms with E-state index in [4.69, 9.17) is 16.7 Å². The second-order valence-corrected chi connectivity index (χ2v) is 4.07. The van der Waals surface area contributed by atoms with Crippen LogP contribution in [0.15, 0.2) is 10.9 Å². The number of H-pyrrole nitrogens is 1. The van der Waals surface area contributed by atoms with Gasteiger partial charge < -0.3 is 15.4 Å². The number of rotatable bonds is 5. The molecule has 0 radical (unpaired) electrons. The van der Waals surface area contributed by atoms with Crippen molar-refractivity contribution in [1.29, 1.82) is 0 Å². The van der Waals surface area contributed by atoms with Crippen LogP contribution in [-0.4, -0.2) is 28.5 Å². The van der Waals surface area contributed by atoms with Gasteiger partial charge in [-0.1, -0.05) is 24.9 Å². The lowest BCUT2D eigenvalue weighted by Crippen LogP contribution is -2.33. The van der Waals surface area contributed by atoms with E-state index in [9.17, 15) is 14.4 Å². The maximum atomic E-state index is 11.6. The van der Waals surface area contributed by atoms with E-state index in [-0.39, 0.29) is 10.6 Å². The quantitative estimate of drug-likeness (QED) is 0.738. The van der Waals surface area contributed by atoms with Crippen molar-refractivity contribution >= 4 is 23.5 Å². The molecule has 1 aromatic heterocycles. The van der Waals surface area contributed by atoms with Crippen molar-refractivity contribution < 1.29 is 14.7 Å². The summed E-state index contributed by atoms with van der Waals surface area (Å²) in [6.45, 7) is 1.38. The minimum absolute atomic E-state index is 0.193. The second-order valence-electron chi connectivity index (χ2n) is 3.67. The number of aromatic amines is 1. The molecule has 1 aromatic rings. The maximum Gasteiger partial charge on any atom is 0.322 e. The fourth-order valence-electron chi connectivity index (χ4n) is 1.40. The van der Waals surface area contributed by atoms with Crippen molar-refractivity contribution in [2.24, 2.45) is 0 Å². The first-order valence-corrected chi connectivity index (χ1v) is 5.75. The third kappa shape index (κ3) is 3.59. The number of hydrogen-bond donors (Lipinski definition) is 3. The van der Waals surface area contributed by atoms with Crippen LogP contribution in [0.4, 0.5) is 0 Å². The van der Waals surface area contributed by atoms with Gasteiger partial charge >= 0.3 is 5.97 Å². The van der Waals surface area contributed by atoms with Crippen molar-refractivity contribution in [3.8, 4) is 0 Å². The summed E-state index contributed by atoms with van der Waals surface area (Å²) in [6.07, 6.45) is 1.41. The van der Waals surface area contributed by atoms with E-state index in [0.29, 0.717) is 12.1 Å². The first-order chi connectivity index (χ1) is 8.45. The molecule has 0 saturated heterocycles. The number of carboxylic acids is 1. The number of pyridine rings is 1. The Hall–Kier alpha value is -1.82. The molecule has 0 saturated carbocycles. The second kappa shape index (κ2) is 6.20. The van der Waals surface area contributed by atoms with Crippen molar-refractivity contribution in [3.05, 3.63) is 32.7 Å². The lowest BCUT2D eigenvalue weighted by molar-refractivity contribution is -0.135. The number of aryl methyl sites for hydroxylation is 1. The molecule has 3 N–H and O–H groups in total. The highest BCUT2D eigenvalue weighted by Gasteiger charge is 2.14. The fourth-order valence-corrected chi connectivity index (χ4v) is 1.65. The minimum atomic E-state index is -1.19. The molecule has 18 heavy (non-hydrogen) atoms. The number of carboxylic acid groups (broad SMARTS) is 1. The van der Waals surface area contributed by atoms with Crippen LogP contribution in [0.25, 0.3) is 0 Å². The summed E-state index contributed by atoms with van der Waals surface area (Å²) in [5.74, 6) is -1.95. The zero-order valence-electron chi connectivity index (χ0n) is 9.75. The molecule has 0 aromatic carbocycles. The van der Waals surface area contributed by atoms with Crippen molar-refractivity contribution in [2.75, 3.05) is 6.54 Å². The normalized spacial score (nSPS) is 10.1. The summed E-state index contributed by atoms with van der Waals surface area (Å²) in [4.78, 5) is 36.0. The number of aromatic nitrogens is 1. The van der Waals surface area contributed by atoms with Crippen molar-refractivity contribution in [1.82, 2.24) is 10.3 Å². The van der Waals surface area contributed by atoms with E-state index in [1.165, 1.54) is 6.07 Å². The molecule has 0 spiro atoms. The molecule has 98 valence electrons. The lowest BCUT2D eigenvalue weighted by atomic mass is 10.2. The summed E-state index contributed by atoms with van der Waals surface area (Å²) < 4.78 is 0. The van der Waals surface area contributed by atoms with Crippen LogP contribution in [0.1, 0.15) is 29.4 Å². The van der Waals surface area contributed by atoms with Gasteiger partial charge in [-0.2, -0.15) is 0 Å². The Balaban J connectivity index is 2.97. The highest BCUT2D eigenvalue weighted by atomic mass is 35.5. The molecule has 0 atom stereocenters. The van der Waals surface area contributed by atoms with Crippen molar-refractivity contribution in [2.45, 2.75) is 19.8 Å². The van der Waals surface area contributed by atoms with E-state index >= 15 is 0 Å². The third-order valence-electron chi connectivity index (χ3n) is 2.21. The summed E-state index contributed by atoms with van der Waals surface area (Å²) in [7, 11) is 0. The van der Waals surface area contributed by atoms with Gasteiger partial charge in [0.25, 0.3) is 11.5 Å². The van der Waals surface area contributed by atoms with Gasteiger partial charge in [-0.05, 0) is 12.5 Å². The molecule has 0 aliphatic carbocycles. The highest BCUT2D eigenvalue weighted by Crippen LogP contribution is 2.14. The van der Waals surface area contributed by atoms with Crippen LogP contribution < -0.4 is 10.9 Å².